The van der Waals surface area contributed by atoms with E-state index >= 15 is 0 Å². The lowest BCUT2D eigenvalue weighted by molar-refractivity contribution is -0.140. The van der Waals surface area contributed by atoms with Gasteiger partial charge in [-0.1, -0.05) is 42.5 Å². The monoisotopic (exact) mass is 383 g/mol. The minimum absolute atomic E-state index is 0.206. The number of amides is 2. The highest BCUT2D eigenvalue weighted by Crippen LogP contribution is 2.25. The maximum absolute atomic E-state index is 12.7. The van der Waals surface area contributed by atoms with Gasteiger partial charge in [0.2, 0.25) is 11.8 Å². The van der Waals surface area contributed by atoms with Gasteiger partial charge >= 0.3 is 5.97 Å². The first-order valence-electron chi connectivity index (χ1n) is 8.99. The Balaban J connectivity index is 1.99. The summed E-state index contributed by atoms with van der Waals surface area (Å²) in [6.07, 6.45) is 0.872. The fourth-order valence-corrected chi connectivity index (χ4v) is 2.68. The molecule has 2 aromatic rings. The standard InChI is InChI=1S/C21H25N3O4/c1-22-17-10-6-7-11-18(17)24(15-21(27)28-2)20(26)14-23-19(25)13-12-16-8-4-3-5-9-16/h3-11,22H,12-15H2,1-2H3,(H,23,25). The second-order valence-corrected chi connectivity index (χ2v) is 6.09. The number of para-hydroxylation sites is 2. The third kappa shape index (κ3) is 6.12. The summed E-state index contributed by atoms with van der Waals surface area (Å²) in [6, 6.07) is 16.8. The Morgan fingerprint density at radius 3 is 2.36 bits per heavy atom. The molecular formula is C21H25N3O4. The smallest absolute Gasteiger partial charge is 0.325 e. The highest BCUT2D eigenvalue weighted by molar-refractivity contribution is 6.02. The number of carbonyl (C=O) groups excluding carboxylic acids is 3. The zero-order chi connectivity index (χ0) is 20.4. The van der Waals surface area contributed by atoms with Crippen LogP contribution in [0, 0.1) is 0 Å². The van der Waals surface area contributed by atoms with E-state index in [4.69, 9.17) is 4.74 Å². The molecule has 2 rings (SSSR count). The average molecular weight is 383 g/mol. The molecule has 28 heavy (non-hydrogen) atoms. The van der Waals surface area contributed by atoms with E-state index in [0.29, 0.717) is 17.8 Å². The molecule has 0 aliphatic heterocycles. The van der Waals surface area contributed by atoms with Crippen LogP contribution in [-0.4, -0.2) is 45.0 Å². The molecule has 148 valence electrons. The molecule has 0 radical (unpaired) electrons. The van der Waals surface area contributed by atoms with E-state index in [9.17, 15) is 14.4 Å². The van der Waals surface area contributed by atoms with Crippen molar-refractivity contribution in [1.82, 2.24) is 5.32 Å². The van der Waals surface area contributed by atoms with E-state index in [1.54, 1.807) is 25.2 Å². The van der Waals surface area contributed by atoms with E-state index in [0.717, 1.165) is 5.56 Å². The molecule has 0 aliphatic rings. The molecule has 0 saturated heterocycles. The number of aryl methyl sites for hydroxylation is 1. The van der Waals surface area contributed by atoms with E-state index in [1.165, 1.54) is 12.0 Å². The predicted molar refractivity (Wildman–Crippen MR) is 108 cm³/mol. The van der Waals surface area contributed by atoms with Crippen LogP contribution in [-0.2, 0) is 25.5 Å². The average Bonchev–Trinajstić information content (AvgIpc) is 2.74. The molecule has 7 nitrogen and oxygen atoms in total. The lowest BCUT2D eigenvalue weighted by Gasteiger charge is -2.24. The molecular weight excluding hydrogens is 358 g/mol. The van der Waals surface area contributed by atoms with Gasteiger partial charge in [-0.05, 0) is 24.1 Å². The summed E-state index contributed by atoms with van der Waals surface area (Å²) in [5.41, 5.74) is 2.29. The fourth-order valence-electron chi connectivity index (χ4n) is 2.68. The van der Waals surface area contributed by atoms with Crippen LogP contribution in [0.2, 0.25) is 0 Å². The van der Waals surface area contributed by atoms with Gasteiger partial charge in [0.15, 0.2) is 0 Å². The quantitative estimate of drug-likeness (QED) is 0.647. The summed E-state index contributed by atoms with van der Waals surface area (Å²) in [5, 5.41) is 5.62. The van der Waals surface area contributed by atoms with Crippen LogP contribution in [0.3, 0.4) is 0 Å². The first-order valence-corrected chi connectivity index (χ1v) is 8.99. The van der Waals surface area contributed by atoms with E-state index < -0.39 is 11.9 Å². The van der Waals surface area contributed by atoms with Crippen LogP contribution >= 0.6 is 0 Å². The Hall–Kier alpha value is -3.35. The van der Waals surface area contributed by atoms with Gasteiger partial charge in [-0.15, -0.1) is 0 Å². The molecule has 2 amide bonds. The van der Waals surface area contributed by atoms with Crippen molar-refractivity contribution in [2.75, 3.05) is 37.5 Å². The maximum Gasteiger partial charge on any atom is 0.325 e. The van der Waals surface area contributed by atoms with Gasteiger partial charge < -0.3 is 15.4 Å². The number of anilines is 2. The third-order valence-corrected chi connectivity index (χ3v) is 4.20. The molecule has 0 aliphatic carbocycles. The second kappa shape index (κ2) is 10.7. The number of benzene rings is 2. The Morgan fingerprint density at radius 1 is 1.00 bits per heavy atom. The van der Waals surface area contributed by atoms with Crippen LogP contribution in [0.25, 0.3) is 0 Å². The van der Waals surface area contributed by atoms with Crippen molar-refractivity contribution in [3.05, 3.63) is 60.2 Å². The molecule has 2 aromatic carbocycles. The second-order valence-electron chi connectivity index (χ2n) is 6.09. The Morgan fingerprint density at radius 2 is 1.68 bits per heavy atom. The fraction of sp³-hybridized carbons (Fsp3) is 0.286. The van der Waals surface area contributed by atoms with Crippen LogP contribution < -0.4 is 15.5 Å². The highest BCUT2D eigenvalue weighted by Gasteiger charge is 2.22. The van der Waals surface area contributed by atoms with Crippen molar-refractivity contribution in [3.63, 3.8) is 0 Å². The molecule has 0 unspecified atom stereocenters. The van der Waals surface area contributed by atoms with Gasteiger partial charge in [0.1, 0.15) is 6.54 Å². The Kier molecular flexibility index (Phi) is 8.02. The normalized spacial score (nSPS) is 10.1. The van der Waals surface area contributed by atoms with Crippen molar-refractivity contribution in [2.24, 2.45) is 0 Å². The molecule has 0 aromatic heterocycles. The van der Waals surface area contributed by atoms with Crippen molar-refractivity contribution < 1.29 is 19.1 Å². The summed E-state index contributed by atoms with van der Waals surface area (Å²) in [4.78, 5) is 37.9. The van der Waals surface area contributed by atoms with Gasteiger partial charge in [0.05, 0.1) is 25.0 Å². The minimum Gasteiger partial charge on any atom is -0.468 e. The Labute approximate surface area is 164 Å². The van der Waals surface area contributed by atoms with Crippen LogP contribution in [0.1, 0.15) is 12.0 Å². The number of nitrogens with zero attached hydrogens (tertiary/aromatic N) is 1. The number of methoxy groups -OCH3 is 1. The zero-order valence-corrected chi connectivity index (χ0v) is 16.1. The molecule has 0 heterocycles. The lowest BCUT2D eigenvalue weighted by Crippen LogP contribution is -2.43. The molecule has 2 N–H and O–H groups in total. The third-order valence-electron chi connectivity index (χ3n) is 4.20. The summed E-state index contributed by atoms with van der Waals surface area (Å²) >= 11 is 0. The first kappa shape index (κ1) is 21.0. The Bertz CT molecular complexity index is 808. The van der Waals surface area contributed by atoms with Crippen molar-refractivity contribution in [2.45, 2.75) is 12.8 Å². The molecule has 0 saturated carbocycles. The van der Waals surface area contributed by atoms with Crippen molar-refractivity contribution in [1.29, 1.82) is 0 Å². The number of ether oxygens (including phenoxy) is 1. The van der Waals surface area contributed by atoms with E-state index in [-0.39, 0.29) is 25.4 Å². The van der Waals surface area contributed by atoms with E-state index in [1.807, 2.05) is 36.4 Å². The number of rotatable bonds is 9. The number of hydrogen-bond acceptors (Lipinski definition) is 5. The highest BCUT2D eigenvalue weighted by atomic mass is 16.5. The summed E-state index contributed by atoms with van der Waals surface area (Å²) < 4.78 is 4.70. The number of nitrogens with one attached hydrogen (secondary N) is 2. The topological polar surface area (TPSA) is 87.7 Å². The molecule has 0 atom stereocenters. The van der Waals surface area contributed by atoms with Crippen molar-refractivity contribution >= 4 is 29.2 Å². The largest absolute Gasteiger partial charge is 0.468 e. The molecule has 0 spiro atoms. The van der Waals surface area contributed by atoms with Crippen LogP contribution in [0.15, 0.2) is 54.6 Å². The summed E-state index contributed by atoms with van der Waals surface area (Å²) in [6.45, 7) is -0.448. The SMILES string of the molecule is CNc1ccccc1N(CC(=O)OC)C(=O)CNC(=O)CCc1ccccc1. The summed E-state index contributed by atoms with van der Waals surface area (Å²) in [5.74, 6) is -1.17. The van der Waals surface area contributed by atoms with E-state index in [2.05, 4.69) is 10.6 Å². The van der Waals surface area contributed by atoms with Crippen molar-refractivity contribution in [3.8, 4) is 0 Å². The van der Waals surface area contributed by atoms with Crippen LogP contribution in [0.4, 0.5) is 11.4 Å². The lowest BCUT2D eigenvalue weighted by atomic mass is 10.1. The minimum atomic E-state index is -0.547. The molecule has 0 fully saturated rings. The molecule has 0 bridgehead atoms. The summed E-state index contributed by atoms with van der Waals surface area (Å²) in [7, 11) is 2.99. The first-order chi connectivity index (χ1) is 13.5. The number of esters is 1. The van der Waals surface area contributed by atoms with Gasteiger partial charge in [-0.2, -0.15) is 0 Å². The zero-order valence-electron chi connectivity index (χ0n) is 16.1. The van der Waals surface area contributed by atoms with Gasteiger partial charge in [0, 0.05) is 13.5 Å². The predicted octanol–water partition coefficient (Wildman–Crippen LogP) is 1.98. The van der Waals surface area contributed by atoms with Gasteiger partial charge in [0.25, 0.3) is 0 Å². The van der Waals surface area contributed by atoms with Gasteiger partial charge in [-0.3, -0.25) is 19.3 Å². The number of hydrogen-bond donors (Lipinski definition) is 2. The number of carbonyl (C=O) groups is 3. The van der Waals surface area contributed by atoms with Gasteiger partial charge in [-0.25, -0.2) is 0 Å². The maximum atomic E-state index is 12.7. The van der Waals surface area contributed by atoms with Crippen LogP contribution in [0.5, 0.6) is 0 Å². The molecule has 7 heteroatoms.